The van der Waals surface area contributed by atoms with Crippen molar-refractivity contribution in [2.45, 2.75) is 25.0 Å². The smallest absolute Gasteiger partial charge is 0.319 e. The molecule has 0 aliphatic heterocycles. The molecule has 1 aromatic heterocycles. The van der Waals surface area contributed by atoms with Gasteiger partial charge in [-0.05, 0) is 41.8 Å². The van der Waals surface area contributed by atoms with E-state index in [-0.39, 0.29) is 17.5 Å². The third-order valence-corrected chi connectivity index (χ3v) is 6.18. The van der Waals surface area contributed by atoms with Crippen molar-refractivity contribution >= 4 is 33.2 Å². The third-order valence-electron chi connectivity index (χ3n) is 4.23. The number of sulfone groups is 1. The SMILES string of the molecule is Cc1ccc(CS(=O)(=O)Cc2ccc(NC(=O)NCc3cn[nH]c3)cc2)cc1Cl. The van der Waals surface area contributed by atoms with Crippen LogP contribution >= 0.6 is 11.6 Å². The van der Waals surface area contributed by atoms with E-state index in [0.29, 0.717) is 28.4 Å². The first-order valence-corrected chi connectivity index (χ1v) is 11.1. The van der Waals surface area contributed by atoms with Crippen LogP contribution in [0.2, 0.25) is 5.02 Å². The number of aromatic amines is 1. The number of carbonyl (C=O) groups excluding carboxylic acids is 1. The molecule has 3 N–H and O–H groups in total. The highest BCUT2D eigenvalue weighted by molar-refractivity contribution is 7.89. The predicted octanol–water partition coefficient (Wildman–Crippen LogP) is 3.81. The summed E-state index contributed by atoms with van der Waals surface area (Å²) in [6.07, 6.45) is 3.32. The summed E-state index contributed by atoms with van der Waals surface area (Å²) >= 11 is 6.07. The number of anilines is 1. The number of aryl methyl sites for hydroxylation is 1. The van der Waals surface area contributed by atoms with Crippen molar-refractivity contribution in [3.8, 4) is 0 Å². The van der Waals surface area contributed by atoms with Gasteiger partial charge in [0.05, 0.1) is 17.7 Å². The lowest BCUT2D eigenvalue weighted by molar-refractivity contribution is 0.251. The number of urea groups is 1. The van der Waals surface area contributed by atoms with Crippen LogP contribution in [-0.4, -0.2) is 24.6 Å². The van der Waals surface area contributed by atoms with E-state index >= 15 is 0 Å². The quantitative estimate of drug-likeness (QED) is 0.528. The molecule has 0 radical (unpaired) electrons. The summed E-state index contributed by atoms with van der Waals surface area (Å²) in [6, 6.07) is 11.6. The Morgan fingerprint density at radius 3 is 2.41 bits per heavy atom. The standard InChI is InChI=1S/C20H21ClN4O3S/c1-14-2-3-16(8-19(14)21)13-29(27,28)12-15-4-6-18(7-5-15)25-20(26)22-9-17-10-23-24-11-17/h2-8,10-11H,9,12-13H2,1H3,(H,23,24)(H2,22,25,26). The molecular weight excluding hydrogens is 412 g/mol. The van der Waals surface area contributed by atoms with E-state index < -0.39 is 9.84 Å². The number of hydrogen-bond donors (Lipinski definition) is 3. The molecule has 29 heavy (non-hydrogen) atoms. The van der Waals surface area contributed by atoms with Gasteiger partial charge in [-0.1, -0.05) is 35.9 Å². The highest BCUT2D eigenvalue weighted by Gasteiger charge is 2.14. The summed E-state index contributed by atoms with van der Waals surface area (Å²) < 4.78 is 25.0. The first kappa shape index (κ1) is 20.9. The molecule has 9 heteroatoms. The molecule has 2 aromatic carbocycles. The van der Waals surface area contributed by atoms with Crippen LogP contribution in [0.1, 0.15) is 22.3 Å². The molecule has 0 spiro atoms. The fourth-order valence-electron chi connectivity index (χ4n) is 2.70. The maximum atomic E-state index is 12.5. The minimum Gasteiger partial charge on any atom is -0.334 e. The van der Waals surface area contributed by atoms with Gasteiger partial charge in [0.2, 0.25) is 0 Å². The Balaban J connectivity index is 1.54. The fourth-order valence-corrected chi connectivity index (χ4v) is 4.39. The molecular formula is C20H21ClN4O3S. The lowest BCUT2D eigenvalue weighted by Crippen LogP contribution is -2.28. The molecule has 0 aliphatic carbocycles. The molecule has 0 fully saturated rings. The van der Waals surface area contributed by atoms with E-state index in [1.165, 1.54) is 0 Å². The summed E-state index contributed by atoms with van der Waals surface area (Å²) in [5.41, 5.74) is 3.64. The van der Waals surface area contributed by atoms with Crippen LogP contribution in [0.15, 0.2) is 54.9 Å². The lowest BCUT2D eigenvalue weighted by atomic mass is 10.2. The molecule has 3 aromatic rings. The van der Waals surface area contributed by atoms with Crippen molar-refractivity contribution in [2.24, 2.45) is 0 Å². The van der Waals surface area contributed by atoms with E-state index in [2.05, 4.69) is 20.8 Å². The minimum absolute atomic E-state index is 0.0799. The molecule has 0 unspecified atom stereocenters. The van der Waals surface area contributed by atoms with Gasteiger partial charge >= 0.3 is 6.03 Å². The summed E-state index contributed by atoms with van der Waals surface area (Å²) in [7, 11) is -3.35. The van der Waals surface area contributed by atoms with Gasteiger partial charge in [-0.25, -0.2) is 13.2 Å². The molecule has 0 aliphatic rings. The Morgan fingerprint density at radius 2 is 1.76 bits per heavy atom. The Bertz CT molecular complexity index is 1080. The van der Waals surface area contributed by atoms with Gasteiger partial charge in [-0.2, -0.15) is 5.10 Å². The van der Waals surface area contributed by atoms with Crippen LogP contribution in [0.25, 0.3) is 0 Å². The Hall–Kier alpha value is -2.84. The van der Waals surface area contributed by atoms with Crippen molar-refractivity contribution in [3.63, 3.8) is 0 Å². The number of H-pyrrole nitrogens is 1. The zero-order valence-corrected chi connectivity index (χ0v) is 17.3. The highest BCUT2D eigenvalue weighted by atomic mass is 35.5. The number of halogens is 1. The number of aromatic nitrogens is 2. The number of amides is 2. The van der Waals surface area contributed by atoms with Crippen LogP contribution in [0.3, 0.4) is 0 Å². The van der Waals surface area contributed by atoms with Crippen molar-refractivity contribution in [2.75, 3.05) is 5.32 Å². The molecule has 0 saturated carbocycles. The largest absolute Gasteiger partial charge is 0.334 e. The number of nitrogens with one attached hydrogen (secondary N) is 3. The number of benzene rings is 2. The Labute approximate surface area is 174 Å². The van der Waals surface area contributed by atoms with Gasteiger partial charge in [-0.3, -0.25) is 5.10 Å². The predicted molar refractivity (Wildman–Crippen MR) is 113 cm³/mol. The van der Waals surface area contributed by atoms with Crippen LogP contribution in [0, 0.1) is 6.92 Å². The Kier molecular flexibility index (Phi) is 6.56. The second-order valence-electron chi connectivity index (χ2n) is 6.73. The molecule has 0 saturated heterocycles. The Morgan fingerprint density at radius 1 is 1.07 bits per heavy atom. The summed E-state index contributed by atoms with van der Waals surface area (Å²) in [5, 5.41) is 12.4. The molecule has 2 amide bonds. The normalized spacial score (nSPS) is 11.2. The van der Waals surface area contributed by atoms with Gasteiger partial charge in [0.1, 0.15) is 0 Å². The molecule has 3 rings (SSSR count). The monoisotopic (exact) mass is 432 g/mol. The highest BCUT2D eigenvalue weighted by Crippen LogP contribution is 2.20. The average Bonchev–Trinajstić information content (AvgIpc) is 3.18. The van der Waals surface area contributed by atoms with E-state index in [9.17, 15) is 13.2 Å². The van der Waals surface area contributed by atoms with Crippen molar-refractivity contribution in [1.82, 2.24) is 15.5 Å². The number of nitrogens with zero attached hydrogens (tertiary/aromatic N) is 1. The van der Waals surface area contributed by atoms with Gasteiger partial charge in [0, 0.05) is 29.0 Å². The van der Waals surface area contributed by atoms with Crippen LogP contribution in [0.4, 0.5) is 10.5 Å². The maximum Gasteiger partial charge on any atom is 0.319 e. The van der Waals surface area contributed by atoms with Crippen LogP contribution < -0.4 is 10.6 Å². The topological polar surface area (TPSA) is 104 Å². The van der Waals surface area contributed by atoms with Crippen LogP contribution in [-0.2, 0) is 27.9 Å². The molecule has 0 bridgehead atoms. The fraction of sp³-hybridized carbons (Fsp3) is 0.200. The van der Waals surface area contributed by atoms with E-state index in [1.807, 2.05) is 13.0 Å². The third kappa shape index (κ3) is 6.33. The first-order valence-electron chi connectivity index (χ1n) is 8.88. The van der Waals surface area contributed by atoms with Gasteiger partial charge in [-0.15, -0.1) is 0 Å². The van der Waals surface area contributed by atoms with Crippen molar-refractivity contribution < 1.29 is 13.2 Å². The zero-order chi connectivity index (χ0) is 20.9. The molecule has 7 nitrogen and oxygen atoms in total. The van der Waals surface area contributed by atoms with Crippen molar-refractivity contribution in [3.05, 3.63) is 82.1 Å². The van der Waals surface area contributed by atoms with E-state index in [4.69, 9.17) is 11.6 Å². The van der Waals surface area contributed by atoms with E-state index in [1.54, 1.807) is 48.8 Å². The average molecular weight is 433 g/mol. The summed E-state index contributed by atoms with van der Waals surface area (Å²) in [5.74, 6) is -0.172. The molecule has 152 valence electrons. The number of rotatable bonds is 7. The maximum absolute atomic E-state index is 12.5. The van der Waals surface area contributed by atoms with Gasteiger partial charge in [0.25, 0.3) is 0 Å². The van der Waals surface area contributed by atoms with Crippen LogP contribution in [0.5, 0.6) is 0 Å². The second kappa shape index (κ2) is 9.11. The molecule has 0 atom stereocenters. The summed E-state index contributed by atoms with van der Waals surface area (Å²) in [4.78, 5) is 11.9. The minimum atomic E-state index is -3.35. The first-order chi connectivity index (χ1) is 13.8. The number of carbonyl (C=O) groups is 1. The van der Waals surface area contributed by atoms with Crippen molar-refractivity contribution in [1.29, 1.82) is 0 Å². The lowest BCUT2D eigenvalue weighted by Gasteiger charge is -2.09. The van der Waals surface area contributed by atoms with Gasteiger partial charge < -0.3 is 10.6 Å². The zero-order valence-electron chi connectivity index (χ0n) is 15.8. The number of hydrogen-bond acceptors (Lipinski definition) is 4. The second-order valence-corrected chi connectivity index (χ2v) is 9.20. The van der Waals surface area contributed by atoms with E-state index in [0.717, 1.165) is 11.1 Å². The molecule has 1 heterocycles. The summed E-state index contributed by atoms with van der Waals surface area (Å²) in [6.45, 7) is 2.22. The van der Waals surface area contributed by atoms with Gasteiger partial charge in [0.15, 0.2) is 9.84 Å².